The van der Waals surface area contributed by atoms with Gasteiger partial charge in [0.1, 0.15) is 0 Å². The van der Waals surface area contributed by atoms with E-state index in [9.17, 15) is 9.59 Å². The maximum Gasteiger partial charge on any atom is 0.310 e. The molecule has 1 aliphatic rings. The summed E-state index contributed by atoms with van der Waals surface area (Å²) in [6.07, 6.45) is 7.73. The fourth-order valence-corrected chi connectivity index (χ4v) is 3.72. The van der Waals surface area contributed by atoms with Gasteiger partial charge in [-0.1, -0.05) is 40.0 Å². The van der Waals surface area contributed by atoms with Crippen LogP contribution in [0.5, 0.6) is 0 Å². The molecule has 0 spiro atoms. The Hall–Kier alpha value is -1.10. The van der Waals surface area contributed by atoms with Crippen LogP contribution in [0.15, 0.2) is 0 Å². The summed E-state index contributed by atoms with van der Waals surface area (Å²) in [6.45, 7) is 10.4. The molecule has 1 amide bonds. The van der Waals surface area contributed by atoms with Gasteiger partial charge in [0.05, 0.1) is 13.0 Å². The van der Waals surface area contributed by atoms with Crippen LogP contribution in [0.25, 0.3) is 0 Å². The molecule has 0 aromatic heterocycles. The molecule has 146 valence electrons. The van der Waals surface area contributed by atoms with Crippen LogP contribution < -0.4 is 0 Å². The highest BCUT2D eigenvalue weighted by molar-refractivity contribution is 5.78. The normalized spacial score (nSPS) is 16.7. The first-order valence-electron chi connectivity index (χ1n) is 10.1. The Kier molecular flexibility index (Phi) is 10.8. The SMILES string of the molecule is CCN(CC)CCCN(CC(C)C(=O)OC)C(=O)CC1CCCCC1. The Labute approximate surface area is 154 Å². The van der Waals surface area contributed by atoms with Gasteiger partial charge in [0, 0.05) is 19.5 Å². The minimum absolute atomic E-state index is 0.210. The van der Waals surface area contributed by atoms with Crippen molar-refractivity contribution >= 4 is 11.9 Å². The lowest BCUT2D eigenvalue weighted by Crippen LogP contribution is -2.40. The number of carbonyl (C=O) groups is 2. The third-order valence-corrected chi connectivity index (χ3v) is 5.44. The molecule has 0 radical (unpaired) electrons. The Morgan fingerprint density at radius 1 is 1.08 bits per heavy atom. The molecule has 0 bridgehead atoms. The Balaban J connectivity index is 2.58. The van der Waals surface area contributed by atoms with Gasteiger partial charge in [-0.2, -0.15) is 0 Å². The van der Waals surface area contributed by atoms with Crippen molar-refractivity contribution in [2.45, 2.75) is 65.7 Å². The summed E-state index contributed by atoms with van der Waals surface area (Å²) < 4.78 is 4.83. The zero-order chi connectivity index (χ0) is 18.7. The van der Waals surface area contributed by atoms with Gasteiger partial charge in [0.25, 0.3) is 0 Å². The molecule has 0 aromatic rings. The first-order chi connectivity index (χ1) is 12.0. The van der Waals surface area contributed by atoms with Gasteiger partial charge in [-0.3, -0.25) is 9.59 Å². The lowest BCUT2D eigenvalue weighted by molar-refractivity contribution is -0.146. The summed E-state index contributed by atoms with van der Waals surface area (Å²) in [5.41, 5.74) is 0. The van der Waals surface area contributed by atoms with Crippen LogP contribution in [-0.2, 0) is 14.3 Å². The average Bonchev–Trinajstić information content (AvgIpc) is 2.64. The minimum atomic E-state index is -0.270. The number of ether oxygens (including phenoxy) is 1. The van der Waals surface area contributed by atoms with Gasteiger partial charge in [-0.15, -0.1) is 0 Å². The van der Waals surface area contributed by atoms with Crippen molar-refractivity contribution in [2.75, 3.05) is 39.8 Å². The van der Waals surface area contributed by atoms with Gasteiger partial charge >= 0.3 is 5.97 Å². The Bertz CT molecular complexity index is 390. The second-order valence-electron chi connectivity index (χ2n) is 7.35. The van der Waals surface area contributed by atoms with Crippen LogP contribution in [0.3, 0.4) is 0 Å². The smallest absolute Gasteiger partial charge is 0.310 e. The monoisotopic (exact) mass is 354 g/mol. The summed E-state index contributed by atoms with van der Waals surface area (Å²) in [7, 11) is 1.41. The summed E-state index contributed by atoms with van der Waals surface area (Å²) in [6, 6.07) is 0. The number of amides is 1. The van der Waals surface area contributed by atoms with E-state index in [1.165, 1.54) is 39.2 Å². The van der Waals surface area contributed by atoms with E-state index in [2.05, 4.69) is 18.7 Å². The molecule has 1 atom stereocenters. The third kappa shape index (κ3) is 8.21. The maximum absolute atomic E-state index is 12.8. The number of hydrogen-bond donors (Lipinski definition) is 0. The molecule has 0 N–H and O–H groups in total. The number of nitrogens with zero attached hydrogens (tertiary/aromatic N) is 2. The zero-order valence-electron chi connectivity index (χ0n) is 16.8. The van der Waals surface area contributed by atoms with Crippen molar-refractivity contribution < 1.29 is 14.3 Å². The highest BCUT2D eigenvalue weighted by atomic mass is 16.5. The molecule has 1 rings (SSSR count). The van der Waals surface area contributed by atoms with Crippen molar-refractivity contribution in [2.24, 2.45) is 11.8 Å². The molecule has 0 aromatic carbocycles. The molecule has 0 aliphatic heterocycles. The highest BCUT2D eigenvalue weighted by Crippen LogP contribution is 2.27. The van der Waals surface area contributed by atoms with E-state index in [0.29, 0.717) is 18.9 Å². The van der Waals surface area contributed by atoms with E-state index in [4.69, 9.17) is 4.74 Å². The second kappa shape index (κ2) is 12.3. The average molecular weight is 355 g/mol. The van der Waals surface area contributed by atoms with Crippen LogP contribution in [-0.4, -0.2) is 61.5 Å². The molecule has 25 heavy (non-hydrogen) atoms. The molecule has 0 heterocycles. The largest absolute Gasteiger partial charge is 0.469 e. The van der Waals surface area contributed by atoms with Crippen LogP contribution >= 0.6 is 0 Å². The van der Waals surface area contributed by atoms with Crippen molar-refractivity contribution in [3.05, 3.63) is 0 Å². The fourth-order valence-electron chi connectivity index (χ4n) is 3.72. The lowest BCUT2D eigenvalue weighted by atomic mass is 9.86. The van der Waals surface area contributed by atoms with Crippen LogP contribution in [0.4, 0.5) is 0 Å². The van der Waals surface area contributed by atoms with Crippen LogP contribution in [0.1, 0.15) is 65.7 Å². The van der Waals surface area contributed by atoms with Crippen molar-refractivity contribution in [3.8, 4) is 0 Å². The van der Waals surface area contributed by atoms with Crippen LogP contribution in [0, 0.1) is 11.8 Å². The van der Waals surface area contributed by atoms with Crippen LogP contribution in [0.2, 0.25) is 0 Å². The van der Waals surface area contributed by atoms with E-state index >= 15 is 0 Å². The molecular weight excluding hydrogens is 316 g/mol. The molecule has 0 saturated heterocycles. The van der Waals surface area contributed by atoms with Gasteiger partial charge < -0.3 is 14.5 Å². The molecular formula is C20H38N2O3. The standard InChI is InChI=1S/C20H38N2O3/c1-5-21(6-2)13-10-14-22(16-17(3)20(24)25-4)19(23)15-18-11-8-7-9-12-18/h17-18H,5-16H2,1-4H3. The van der Waals surface area contributed by atoms with Crippen molar-refractivity contribution in [3.63, 3.8) is 0 Å². The molecule has 5 heteroatoms. The van der Waals surface area contributed by atoms with Crippen molar-refractivity contribution in [1.82, 2.24) is 9.80 Å². The second-order valence-corrected chi connectivity index (χ2v) is 7.35. The predicted molar refractivity (Wildman–Crippen MR) is 101 cm³/mol. The maximum atomic E-state index is 12.8. The Morgan fingerprint density at radius 2 is 1.72 bits per heavy atom. The molecule has 1 unspecified atom stereocenters. The number of rotatable bonds is 11. The van der Waals surface area contributed by atoms with Gasteiger partial charge in [-0.05, 0) is 44.8 Å². The molecule has 1 aliphatic carbocycles. The summed E-state index contributed by atoms with van der Waals surface area (Å²) in [5.74, 6) is 0.232. The summed E-state index contributed by atoms with van der Waals surface area (Å²) in [4.78, 5) is 28.9. The van der Waals surface area contributed by atoms with E-state index in [-0.39, 0.29) is 17.8 Å². The van der Waals surface area contributed by atoms with Gasteiger partial charge in [0.2, 0.25) is 5.91 Å². The van der Waals surface area contributed by atoms with E-state index in [1.807, 2.05) is 11.8 Å². The van der Waals surface area contributed by atoms with E-state index < -0.39 is 0 Å². The summed E-state index contributed by atoms with van der Waals surface area (Å²) in [5, 5.41) is 0. The lowest BCUT2D eigenvalue weighted by Gasteiger charge is -2.29. The number of carbonyl (C=O) groups excluding carboxylic acids is 2. The fraction of sp³-hybridized carbons (Fsp3) is 0.900. The topological polar surface area (TPSA) is 49.9 Å². The van der Waals surface area contributed by atoms with E-state index in [1.54, 1.807) is 0 Å². The summed E-state index contributed by atoms with van der Waals surface area (Å²) >= 11 is 0. The number of methoxy groups -OCH3 is 1. The van der Waals surface area contributed by atoms with E-state index in [0.717, 1.165) is 32.6 Å². The number of hydrogen-bond acceptors (Lipinski definition) is 4. The quantitative estimate of drug-likeness (QED) is 0.534. The predicted octanol–water partition coefficient (Wildman–Crippen LogP) is 3.33. The minimum Gasteiger partial charge on any atom is -0.469 e. The first kappa shape index (κ1) is 21.9. The zero-order valence-corrected chi connectivity index (χ0v) is 16.8. The highest BCUT2D eigenvalue weighted by Gasteiger charge is 2.24. The molecule has 1 fully saturated rings. The number of esters is 1. The Morgan fingerprint density at radius 3 is 2.28 bits per heavy atom. The van der Waals surface area contributed by atoms with Gasteiger partial charge in [0.15, 0.2) is 0 Å². The first-order valence-corrected chi connectivity index (χ1v) is 10.1. The van der Waals surface area contributed by atoms with Gasteiger partial charge in [-0.25, -0.2) is 0 Å². The van der Waals surface area contributed by atoms with Crippen molar-refractivity contribution in [1.29, 1.82) is 0 Å². The third-order valence-electron chi connectivity index (χ3n) is 5.44. The molecule has 5 nitrogen and oxygen atoms in total. The molecule has 1 saturated carbocycles.